The second kappa shape index (κ2) is 4.77. The van der Waals surface area contributed by atoms with Crippen LogP contribution < -0.4 is 0 Å². The first-order valence-corrected chi connectivity index (χ1v) is 6.41. The number of carbonyl (C=O) groups excluding carboxylic acids is 1. The highest BCUT2D eigenvalue weighted by molar-refractivity contribution is 7.19. The normalized spacial score (nSPS) is 10.8. The largest absolute Gasteiger partial charge is 0.469 e. The van der Waals surface area contributed by atoms with Crippen LogP contribution in [-0.2, 0) is 16.0 Å². The van der Waals surface area contributed by atoms with Gasteiger partial charge in [0.25, 0.3) is 0 Å². The molecule has 0 amide bonds. The van der Waals surface area contributed by atoms with Gasteiger partial charge in [0.1, 0.15) is 11.3 Å². The highest BCUT2D eigenvalue weighted by atomic mass is 32.1. The monoisotopic (exact) mass is 274 g/mol. The van der Waals surface area contributed by atoms with E-state index in [2.05, 4.69) is 20.0 Å². The Balaban J connectivity index is 1.85. The van der Waals surface area contributed by atoms with Crippen molar-refractivity contribution in [1.82, 2.24) is 19.8 Å². The number of ether oxygens (including phenoxy) is 1. The molecule has 3 rings (SSSR count). The van der Waals surface area contributed by atoms with E-state index in [1.807, 2.05) is 24.3 Å². The number of benzene rings is 1. The van der Waals surface area contributed by atoms with Crippen molar-refractivity contribution in [1.29, 1.82) is 0 Å². The lowest BCUT2D eigenvalue weighted by Crippen LogP contribution is -2.04. The smallest absolute Gasteiger partial charge is 0.309 e. The van der Waals surface area contributed by atoms with Gasteiger partial charge in [-0.25, -0.2) is 0 Å². The summed E-state index contributed by atoms with van der Waals surface area (Å²) in [5, 5.41) is 12.9. The van der Waals surface area contributed by atoms with Crippen LogP contribution in [0.25, 0.3) is 15.5 Å². The molecular weight excluding hydrogens is 264 g/mol. The molecule has 0 aliphatic carbocycles. The molecule has 0 saturated carbocycles. The van der Waals surface area contributed by atoms with Gasteiger partial charge in [0, 0.05) is 5.56 Å². The van der Waals surface area contributed by atoms with E-state index in [0.717, 1.165) is 21.1 Å². The summed E-state index contributed by atoms with van der Waals surface area (Å²) in [5.41, 5.74) is 1.91. The van der Waals surface area contributed by atoms with E-state index in [9.17, 15) is 4.79 Å². The van der Waals surface area contributed by atoms with Crippen LogP contribution >= 0.6 is 11.3 Å². The lowest BCUT2D eigenvalue weighted by Gasteiger charge is -2.01. The van der Waals surface area contributed by atoms with Gasteiger partial charge in [0.05, 0.1) is 13.5 Å². The SMILES string of the molecule is COC(=O)Cc1ccc(-c2nn3cnnc3s2)cc1. The molecule has 7 heteroatoms. The number of fused-ring (bicyclic) bond motifs is 1. The Morgan fingerprint density at radius 1 is 1.37 bits per heavy atom. The number of rotatable bonds is 3. The van der Waals surface area contributed by atoms with Gasteiger partial charge in [-0.15, -0.1) is 10.2 Å². The van der Waals surface area contributed by atoms with Crippen molar-refractivity contribution in [3.8, 4) is 10.6 Å². The molecule has 19 heavy (non-hydrogen) atoms. The first-order chi connectivity index (χ1) is 9.26. The number of nitrogens with zero attached hydrogens (tertiary/aromatic N) is 4. The fourth-order valence-electron chi connectivity index (χ4n) is 1.68. The van der Waals surface area contributed by atoms with Gasteiger partial charge in [0.2, 0.25) is 4.96 Å². The third-order valence-electron chi connectivity index (χ3n) is 2.66. The van der Waals surface area contributed by atoms with Crippen molar-refractivity contribution >= 4 is 22.3 Å². The average molecular weight is 274 g/mol. The first kappa shape index (κ1) is 11.8. The highest BCUT2D eigenvalue weighted by Gasteiger charge is 2.08. The molecule has 96 valence electrons. The highest BCUT2D eigenvalue weighted by Crippen LogP contribution is 2.24. The second-order valence-electron chi connectivity index (χ2n) is 3.92. The van der Waals surface area contributed by atoms with E-state index in [0.29, 0.717) is 0 Å². The topological polar surface area (TPSA) is 69.4 Å². The molecule has 0 aliphatic heterocycles. The molecule has 2 aromatic heterocycles. The molecule has 2 heterocycles. The summed E-state index contributed by atoms with van der Waals surface area (Å²) in [6.07, 6.45) is 1.85. The van der Waals surface area contributed by atoms with E-state index in [1.165, 1.54) is 18.4 Å². The second-order valence-corrected chi connectivity index (χ2v) is 4.87. The molecule has 0 radical (unpaired) electrons. The minimum Gasteiger partial charge on any atom is -0.469 e. The lowest BCUT2D eigenvalue weighted by atomic mass is 10.1. The number of methoxy groups -OCH3 is 1. The Morgan fingerprint density at radius 3 is 2.84 bits per heavy atom. The maximum atomic E-state index is 11.2. The van der Waals surface area contributed by atoms with Crippen LogP contribution in [0.15, 0.2) is 30.6 Å². The van der Waals surface area contributed by atoms with Gasteiger partial charge in [-0.3, -0.25) is 4.79 Å². The van der Waals surface area contributed by atoms with Gasteiger partial charge in [-0.2, -0.15) is 9.61 Å². The number of hydrogen-bond donors (Lipinski definition) is 0. The third-order valence-corrected chi connectivity index (χ3v) is 3.63. The minimum atomic E-state index is -0.244. The number of aromatic nitrogens is 4. The molecule has 0 bridgehead atoms. The zero-order chi connectivity index (χ0) is 13.2. The molecule has 0 unspecified atom stereocenters. The maximum absolute atomic E-state index is 11.2. The molecular formula is C12H10N4O2S. The summed E-state index contributed by atoms with van der Waals surface area (Å²) in [6.45, 7) is 0. The zero-order valence-corrected chi connectivity index (χ0v) is 10.9. The summed E-state index contributed by atoms with van der Waals surface area (Å²) in [4.78, 5) is 11.9. The van der Waals surface area contributed by atoms with Crippen LogP contribution in [0.5, 0.6) is 0 Å². The van der Waals surface area contributed by atoms with E-state index in [4.69, 9.17) is 0 Å². The summed E-state index contributed by atoms with van der Waals surface area (Å²) < 4.78 is 6.27. The van der Waals surface area contributed by atoms with Crippen LogP contribution in [0, 0.1) is 0 Å². The Hall–Kier alpha value is -2.28. The van der Waals surface area contributed by atoms with E-state index in [1.54, 1.807) is 10.8 Å². The summed E-state index contributed by atoms with van der Waals surface area (Å²) in [6, 6.07) is 7.66. The van der Waals surface area contributed by atoms with Crippen LogP contribution in [0.2, 0.25) is 0 Å². The van der Waals surface area contributed by atoms with Crippen molar-refractivity contribution in [2.75, 3.05) is 7.11 Å². The standard InChI is InChI=1S/C12H10N4O2S/c1-18-10(17)6-8-2-4-9(5-3-8)11-15-16-7-13-14-12(16)19-11/h2-5,7H,6H2,1H3. The predicted octanol–water partition coefficient (Wildman–Crippen LogP) is 1.57. The van der Waals surface area contributed by atoms with Crippen LogP contribution in [0.4, 0.5) is 0 Å². The number of esters is 1. The molecule has 0 fully saturated rings. The average Bonchev–Trinajstić information content (AvgIpc) is 3.00. The van der Waals surface area contributed by atoms with E-state index < -0.39 is 0 Å². The number of carbonyl (C=O) groups is 1. The number of hydrogen-bond acceptors (Lipinski definition) is 6. The fourth-order valence-corrected chi connectivity index (χ4v) is 2.51. The Labute approximate surface area is 112 Å². The molecule has 0 atom stereocenters. The molecule has 1 aromatic carbocycles. The van der Waals surface area contributed by atoms with Gasteiger partial charge in [-0.1, -0.05) is 35.6 Å². The summed E-state index contributed by atoms with van der Waals surface area (Å²) >= 11 is 1.47. The van der Waals surface area contributed by atoms with Crippen molar-refractivity contribution in [3.05, 3.63) is 36.2 Å². The van der Waals surface area contributed by atoms with Crippen molar-refractivity contribution < 1.29 is 9.53 Å². The lowest BCUT2D eigenvalue weighted by molar-refractivity contribution is -0.139. The summed E-state index contributed by atoms with van der Waals surface area (Å²) in [5.74, 6) is -0.244. The Morgan fingerprint density at radius 2 is 2.16 bits per heavy atom. The van der Waals surface area contributed by atoms with Gasteiger partial charge in [-0.05, 0) is 5.56 Å². The maximum Gasteiger partial charge on any atom is 0.309 e. The van der Waals surface area contributed by atoms with E-state index >= 15 is 0 Å². The Bertz CT molecular complexity index is 688. The van der Waals surface area contributed by atoms with Crippen LogP contribution in [-0.4, -0.2) is 32.9 Å². The van der Waals surface area contributed by atoms with Crippen LogP contribution in [0.1, 0.15) is 5.56 Å². The third kappa shape index (κ3) is 2.32. The summed E-state index contributed by atoms with van der Waals surface area (Å²) in [7, 11) is 1.39. The first-order valence-electron chi connectivity index (χ1n) is 5.59. The van der Waals surface area contributed by atoms with Gasteiger partial charge in [0.15, 0.2) is 0 Å². The molecule has 6 nitrogen and oxygen atoms in total. The van der Waals surface area contributed by atoms with Crippen LogP contribution in [0.3, 0.4) is 0 Å². The minimum absolute atomic E-state index is 0.244. The Kier molecular flexibility index (Phi) is 2.96. The van der Waals surface area contributed by atoms with Gasteiger partial charge >= 0.3 is 5.97 Å². The van der Waals surface area contributed by atoms with E-state index in [-0.39, 0.29) is 12.4 Å². The molecule has 0 N–H and O–H groups in total. The quantitative estimate of drug-likeness (QED) is 0.678. The molecule has 0 spiro atoms. The van der Waals surface area contributed by atoms with Crippen molar-refractivity contribution in [3.63, 3.8) is 0 Å². The molecule has 0 saturated heterocycles. The molecule has 0 aliphatic rings. The zero-order valence-electron chi connectivity index (χ0n) is 10.1. The van der Waals surface area contributed by atoms with Crippen molar-refractivity contribution in [2.24, 2.45) is 0 Å². The van der Waals surface area contributed by atoms with Gasteiger partial charge < -0.3 is 4.74 Å². The van der Waals surface area contributed by atoms with Crippen molar-refractivity contribution in [2.45, 2.75) is 6.42 Å². The molecule has 3 aromatic rings. The fraction of sp³-hybridized carbons (Fsp3) is 0.167. The predicted molar refractivity (Wildman–Crippen MR) is 69.8 cm³/mol.